The van der Waals surface area contributed by atoms with Gasteiger partial charge in [-0.3, -0.25) is 4.79 Å². The van der Waals surface area contributed by atoms with E-state index >= 15 is 0 Å². The van der Waals surface area contributed by atoms with Crippen LogP contribution >= 0.6 is 0 Å². The number of benzene rings is 1. The SMILES string of the molecule is Cc1c(C(=O)N2CCCCC2)c(S(=O)(=O)NC2CCCc3ccccc32)c(C)n1C. The third-order valence-electron chi connectivity index (χ3n) is 6.72. The third-order valence-corrected chi connectivity index (χ3v) is 8.35. The summed E-state index contributed by atoms with van der Waals surface area (Å²) >= 11 is 0. The number of fused-ring (bicyclic) bond motifs is 1. The van der Waals surface area contributed by atoms with Crippen molar-refractivity contribution >= 4 is 15.9 Å². The quantitative estimate of drug-likeness (QED) is 0.807. The van der Waals surface area contributed by atoms with Gasteiger partial charge in [0.2, 0.25) is 10.0 Å². The molecule has 4 rings (SSSR count). The summed E-state index contributed by atoms with van der Waals surface area (Å²) in [6.07, 6.45) is 5.72. The second-order valence-electron chi connectivity index (χ2n) is 8.55. The number of amides is 1. The van der Waals surface area contributed by atoms with Gasteiger partial charge in [-0.05, 0) is 63.5 Å². The molecule has 0 radical (unpaired) electrons. The number of hydrogen-bond acceptors (Lipinski definition) is 3. The zero-order chi connectivity index (χ0) is 21.5. The van der Waals surface area contributed by atoms with E-state index in [1.54, 1.807) is 11.8 Å². The molecular formula is C23H31N3O3S. The first kappa shape index (κ1) is 21.1. The Hall–Kier alpha value is -2.12. The lowest BCUT2D eigenvalue weighted by Gasteiger charge is -2.28. The first-order valence-corrected chi connectivity index (χ1v) is 12.3. The Balaban J connectivity index is 1.73. The topological polar surface area (TPSA) is 71.4 Å². The van der Waals surface area contributed by atoms with E-state index in [9.17, 15) is 13.2 Å². The largest absolute Gasteiger partial charge is 0.350 e. The Morgan fingerprint density at radius 3 is 2.47 bits per heavy atom. The van der Waals surface area contributed by atoms with Gasteiger partial charge in [0.15, 0.2) is 0 Å². The average molecular weight is 430 g/mol. The number of piperidine rings is 1. The van der Waals surface area contributed by atoms with E-state index in [2.05, 4.69) is 10.8 Å². The molecule has 2 heterocycles. The van der Waals surface area contributed by atoms with Crippen LogP contribution in [-0.2, 0) is 23.5 Å². The minimum Gasteiger partial charge on any atom is -0.350 e. The Morgan fingerprint density at radius 2 is 1.73 bits per heavy atom. The van der Waals surface area contributed by atoms with E-state index in [4.69, 9.17) is 0 Å². The number of hydrogen-bond donors (Lipinski definition) is 1. The molecule has 0 bridgehead atoms. The Bertz CT molecular complexity index is 1070. The number of aryl methyl sites for hydroxylation is 1. The van der Waals surface area contributed by atoms with Crippen molar-refractivity contribution in [2.75, 3.05) is 13.1 Å². The molecule has 2 aromatic rings. The second kappa shape index (κ2) is 8.19. The summed E-state index contributed by atoms with van der Waals surface area (Å²) in [7, 11) is -2.04. The summed E-state index contributed by atoms with van der Waals surface area (Å²) in [5.74, 6) is -0.166. The zero-order valence-electron chi connectivity index (χ0n) is 18.1. The number of rotatable bonds is 4. The van der Waals surface area contributed by atoms with Gasteiger partial charge in [0, 0.05) is 37.6 Å². The molecule has 1 N–H and O–H groups in total. The highest BCUT2D eigenvalue weighted by atomic mass is 32.2. The molecule has 0 spiro atoms. The third kappa shape index (κ3) is 3.69. The van der Waals surface area contributed by atoms with Crippen molar-refractivity contribution in [2.24, 2.45) is 7.05 Å². The maximum Gasteiger partial charge on any atom is 0.257 e. The number of nitrogens with zero attached hydrogens (tertiary/aromatic N) is 2. The van der Waals surface area contributed by atoms with E-state index in [1.807, 2.05) is 36.7 Å². The fraction of sp³-hybridized carbons (Fsp3) is 0.522. The maximum absolute atomic E-state index is 13.6. The molecule has 1 aliphatic heterocycles. The van der Waals surface area contributed by atoms with Gasteiger partial charge >= 0.3 is 0 Å². The fourth-order valence-electron chi connectivity index (χ4n) is 4.88. The molecule has 1 unspecified atom stereocenters. The van der Waals surface area contributed by atoms with Gasteiger partial charge in [0.25, 0.3) is 5.91 Å². The summed E-state index contributed by atoms with van der Waals surface area (Å²) in [5.41, 5.74) is 3.87. The molecule has 0 saturated carbocycles. The standard InChI is InChI=1S/C23H31N3O3S/c1-16-21(23(27)26-14-7-4-8-15-26)22(17(2)25(16)3)30(28,29)24-20-13-9-11-18-10-5-6-12-19(18)20/h5-6,10,12,20,24H,4,7-9,11,13-15H2,1-3H3. The summed E-state index contributed by atoms with van der Waals surface area (Å²) in [6.45, 7) is 4.99. The lowest BCUT2D eigenvalue weighted by atomic mass is 9.88. The Labute approximate surface area is 179 Å². The summed E-state index contributed by atoms with van der Waals surface area (Å²) < 4.78 is 32.0. The van der Waals surface area contributed by atoms with Gasteiger partial charge < -0.3 is 9.47 Å². The van der Waals surface area contributed by atoms with Crippen molar-refractivity contribution < 1.29 is 13.2 Å². The highest BCUT2D eigenvalue weighted by Crippen LogP contribution is 2.33. The highest BCUT2D eigenvalue weighted by Gasteiger charge is 2.35. The molecule has 6 nitrogen and oxygen atoms in total. The van der Waals surface area contributed by atoms with Crippen LogP contribution in [0.3, 0.4) is 0 Å². The van der Waals surface area contributed by atoms with Crippen molar-refractivity contribution in [3.8, 4) is 0 Å². The van der Waals surface area contributed by atoms with E-state index in [0.29, 0.717) is 30.0 Å². The van der Waals surface area contributed by atoms with Crippen LogP contribution < -0.4 is 4.72 Å². The summed E-state index contributed by atoms with van der Waals surface area (Å²) in [6, 6.07) is 7.76. The molecule has 1 aliphatic carbocycles. The molecule has 1 fully saturated rings. The van der Waals surface area contributed by atoms with Crippen LogP contribution in [0.5, 0.6) is 0 Å². The molecule has 1 amide bonds. The number of carbonyl (C=O) groups is 1. The first-order chi connectivity index (χ1) is 14.3. The number of nitrogens with one attached hydrogen (secondary N) is 1. The van der Waals surface area contributed by atoms with Gasteiger partial charge in [-0.25, -0.2) is 13.1 Å². The van der Waals surface area contributed by atoms with Gasteiger partial charge in [-0.15, -0.1) is 0 Å². The summed E-state index contributed by atoms with van der Waals surface area (Å²) in [4.78, 5) is 15.3. The van der Waals surface area contributed by atoms with Gasteiger partial charge in [0.1, 0.15) is 4.90 Å². The molecule has 162 valence electrons. The number of aromatic nitrogens is 1. The minimum absolute atomic E-state index is 0.140. The minimum atomic E-state index is -3.87. The van der Waals surface area contributed by atoms with Crippen molar-refractivity contribution in [1.82, 2.24) is 14.2 Å². The number of carbonyl (C=O) groups excluding carboxylic acids is 1. The molecule has 1 aromatic carbocycles. The van der Waals surface area contributed by atoms with E-state index in [0.717, 1.165) is 44.1 Å². The van der Waals surface area contributed by atoms with Crippen molar-refractivity contribution in [3.63, 3.8) is 0 Å². The van der Waals surface area contributed by atoms with E-state index in [-0.39, 0.29) is 16.8 Å². The van der Waals surface area contributed by atoms with Crippen LogP contribution in [0.4, 0.5) is 0 Å². The molecule has 1 aromatic heterocycles. The van der Waals surface area contributed by atoms with Gasteiger partial charge in [0.05, 0.1) is 5.56 Å². The van der Waals surface area contributed by atoms with Crippen molar-refractivity contribution in [1.29, 1.82) is 0 Å². The van der Waals surface area contributed by atoms with Crippen LogP contribution in [0.1, 0.15) is 71.0 Å². The van der Waals surface area contributed by atoms with Crippen LogP contribution in [0.2, 0.25) is 0 Å². The Kier molecular flexibility index (Phi) is 5.77. The van der Waals surface area contributed by atoms with E-state index < -0.39 is 10.0 Å². The van der Waals surface area contributed by atoms with E-state index in [1.165, 1.54) is 5.56 Å². The molecule has 1 saturated heterocycles. The molecule has 7 heteroatoms. The molecule has 2 aliphatic rings. The van der Waals surface area contributed by atoms with Gasteiger partial charge in [-0.2, -0.15) is 0 Å². The smallest absolute Gasteiger partial charge is 0.257 e. The number of sulfonamides is 1. The fourth-order valence-corrected chi connectivity index (χ4v) is 6.64. The maximum atomic E-state index is 13.6. The van der Waals surface area contributed by atoms with Crippen LogP contribution in [0.15, 0.2) is 29.2 Å². The molecule has 1 atom stereocenters. The zero-order valence-corrected chi connectivity index (χ0v) is 18.9. The van der Waals surface area contributed by atoms with Crippen molar-refractivity contribution in [2.45, 2.75) is 63.3 Å². The van der Waals surface area contributed by atoms with Crippen LogP contribution in [0, 0.1) is 13.8 Å². The molecular weight excluding hydrogens is 398 g/mol. The van der Waals surface area contributed by atoms with Crippen molar-refractivity contribution in [3.05, 3.63) is 52.3 Å². The monoisotopic (exact) mass is 429 g/mol. The lowest BCUT2D eigenvalue weighted by Crippen LogP contribution is -2.37. The predicted octanol–water partition coefficient (Wildman–Crippen LogP) is 3.62. The van der Waals surface area contributed by atoms with Gasteiger partial charge in [-0.1, -0.05) is 24.3 Å². The number of likely N-dealkylation sites (tertiary alicyclic amines) is 1. The average Bonchev–Trinajstić information content (AvgIpc) is 2.98. The van der Waals surface area contributed by atoms with Crippen LogP contribution in [-0.4, -0.2) is 36.9 Å². The molecule has 30 heavy (non-hydrogen) atoms. The second-order valence-corrected chi connectivity index (χ2v) is 10.2. The first-order valence-electron chi connectivity index (χ1n) is 10.9. The van der Waals surface area contributed by atoms with Crippen LogP contribution in [0.25, 0.3) is 0 Å². The predicted molar refractivity (Wildman–Crippen MR) is 117 cm³/mol. The lowest BCUT2D eigenvalue weighted by molar-refractivity contribution is 0.0719. The normalized spacial score (nSPS) is 19.6. The summed E-state index contributed by atoms with van der Waals surface area (Å²) in [5, 5.41) is 0. The highest BCUT2D eigenvalue weighted by molar-refractivity contribution is 7.89. The Morgan fingerprint density at radius 1 is 1.03 bits per heavy atom.